The molecule has 23 heavy (non-hydrogen) atoms. The van der Waals surface area contributed by atoms with E-state index in [-0.39, 0.29) is 23.5 Å². The molecule has 0 aromatic heterocycles. The van der Waals surface area contributed by atoms with Crippen molar-refractivity contribution in [3.05, 3.63) is 35.9 Å². The van der Waals surface area contributed by atoms with E-state index in [2.05, 4.69) is 38.1 Å². The number of carbonyl (C=O) groups excluding carboxylic acids is 1. The molecule has 0 saturated heterocycles. The zero-order valence-corrected chi connectivity index (χ0v) is 16.1. The van der Waals surface area contributed by atoms with Gasteiger partial charge in [-0.05, 0) is 63.2 Å². The van der Waals surface area contributed by atoms with E-state index >= 15 is 0 Å². The van der Waals surface area contributed by atoms with Gasteiger partial charge in [0.2, 0.25) is 14.3 Å². The van der Waals surface area contributed by atoms with Crippen molar-refractivity contribution < 1.29 is 8.90 Å². The van der Waals surface area contributed by atoms with Crippen LogP contribution in [0.1, 0.15) is 51.5 Å². The standard InChI is InChI=1S/C19H30FNOSi/c1-14(2)21(15(3)22)18-11-17(16-9-7-6-8-10-16)12-19(13-18)23(4,5)20/h6-10,14,17-19H,11-13H2,1-5H3. The molecule has 0 spiro atoms. The summed E-state index contributed by atoms with van der Waals surface area (Å²) < 4.78 is 14.8. The van der Waals surface area contributed by atoms with Crippen molar-refractivity contribution in [3.8, 4) is 0 Å². The first-order chi connectivity index (χ1) is 10.7. The van der Waals surface area contributed by atoms with Gasteiger partial charge in [0.25, 0.3) is 0 Å². The van der Waals surface area contributed by atoms with E-state index in [0.29, 0.717) is 5.92 Å². The smallest absolute Gasteiger partial charge is 0.244 e. The fourth-order valence-corrected chi connectivity index (χ4v) is 5.79. The Bertz CT molecular complexity index is 526. The fourth-order valence-electron chi connectivity index (χ4n) is 4.12. The van der Waals surface area contributed by atoms with E-state index < -0.39 is 8.41 Å². The SMILES string of the molecule is CC(=O)N(C(C)C)C1CC(c2ccccc2)CC([Si](C)(C)F)C1. The van der Waals surface area contributed by atoms with Gasteiger partial charge in [0.1, 0.15) is 0 Å². The van der Waals surface area contributed by atoms with Crippen LogP contribution >= 0.6 is 0 Å². The number of rotatable bonds is 4. The number of nitrogens with zero attached hydrogens (tertiary/aromatic N) is 1. The molecular weight excluding hydrogens is 305 g/mol. The van der Waals surface area contributed by atoms with E-state index in [1.165, 1.54) is 5.56 Å². The van der Waals surface area contributed by atoms with Crippen LogP contribution in [0.3, 0.4) is 0 Å². The Morgan fingerprint density at radius 3 is 2.26 bits per heavy atom. The molecule has 2 rings (SSSR count). The maximum Gasteiger partial charge on any atom is 0.244 e. The molecule has 0 N–H and O–H groups in total. The van der Waals surface area contributed by atoms with Crippen LogP contribution in [0.15, 0.2) is 30.3 Å². The molecule has 1 fully saturated rings. The van der Waals surface area contributed by atoms with Crippen molar-refractivity contribution >= 4 is 14.3 Å². The lowest BCUT2D eigenvalue weighted by molar-refractivity contribution is -0.134. The van der Waals surface area contributed by atoms with Gasteiger partial charge in [-0.25, -0.2) is 0 Å². The van der Waals surface area contributed by atoms with Crippen LogP contribution in [0, 0.1) is 0 Å². The van der Waals surface area contributed by atoms with E-state index in [4.69, 9.17) is 0 Å². The number of carbonyl (C=O) groups is 1. The number of hydrogen-bond acceptors (Lipinski definition) is 1. The van der Waals surface area contributed by atoms with Gasteiger partial charge in [-0.1, -0.05) is 30.3 Å². The van der Waals surface area contributed by atoms with Gasteiger partial charge < -0.3 is 9.01 Å². The maximum atomic E-state index is 14.8. The first-order valence-corrected chi connectivity index (χ1v) is 11.7. The van der Waals surface area contributed by atoms with Crippen molar-refractivity contribution in [2.45, 2.75) is 76.7 Å². The predicted molar refractivity (Wildman–Crippen MR) is 96.8 cm³/mol. The van der Waals surface area contributed by atoms with Crippen LogP contribution in [0.5, 0.6) is 0 Å². The van der Waals surface area contributed by atoms with Crippen LogP contribution in [-0.2, 0) is 4.79 Å². The Hall–Kier alpha value is -1.16. The van der Waals surface area contributed by atoms with Crippen molar-refractivity contribution in [2.75, 3.05) is 0 Å². The molecule has 1 saturated carbocycles. The number of hydrogen-bond donors (Lipinski definition) is 0. The van der Waals surface area contributed by atoms with Gasteiger partial charge in [0.05, 0.1) is 0 Å². The topological polar surface area (TPSA) is 20.3 Å². The van der Waals surface area contributed by atoms with E-state index in [1.807, 2.05) is 24.1 Å². The highest BCUT2D eigenvalue weighted by atomic mass is 28.4. The third-order valence-corrected chi connectivity index (χ3v) is 7.65. The molecule has 3 unspecified atom stereocenters. The summed E-state index contributed by atoms with van der Waals surface area (Å²) in [4.78, 5) is 14.1. The van der Waals surface area contributed by atoms with Gasteiger partial charge in [-0.3, -0.25) is 4.79 Å². The summed E-state index contributed by atoms with van der Waals surface area (Å²) in [6, 6.07) is 10.7. The molecule has 1 amide bonds. The Kier molecular flexibility index (Phi) is 5.66. The highest BCUT2D eigenvalue weighted by Crippen LogP contribution is 2.46. The minimum Gasteiger partial charge on any atom is -0.338 e. The lowest BCUT2D eigenvalue weighted by atomic mass is 9.80. The molecule has 0 heterocycles. The largest absolute Gasteiger partial charge is 0.338 e. The van der Waals surface area contributed by atoms with Gasteiger partial charge >= 0.3 is 0 Å². The van der Waals surface area contributed by atoms with E-state index in [9.17, 15) is 8.90 Å². The molecule has 0 radical (unpaired) electrons. The molecule has 1 aliphatic carbocycles. The maximum absolute atomic E-state index is 14.8. The van der Waals surface area contributed by atoms with Gasteiger partial charge in [-0.15, -0.1) is 0 Å². The molecule has 3 atom stereocenters. The van der Waals surface area contributed by atoms with Crippen molar-refractivity contribution in [3.63, 3.8) is 0 Å². The summed E-state index contributed by atoms with van der Waals surface area (Å²) in [5, 5.41) is 0. The lowest BCUT2D eigenvalue weighted by Gasteiger charge is -2.44. The molecule has 0 aliphatic heterocycles. The Labute approximate surface area is 141 Å². The van der Waals surface area contributed by atoms with Crippen molar-refractivity contribution in [2.24, 2.45) is 0 Å². The predicted octanol–water partition coefficient (Wildman–Crippen LogP) is 5.12. The summed E-state index contributed by atoms with van der Waals surface area (Å²) in [6.07, 6.45) is 2.68. The van der Waals surface area contributed by atoms with E-state index in [1.54, 1.807) is 6.92 Å². The second-order valence-corrected chi connectivity index (χ2v) is 11.7. The molecule has 4 heteroatoms. The van der Waals surface area contributed by atoms with Crippen LogP contribution < -0.4 is 0 Å². The summed E-state index contributed by atoms with van der Waals surface area (Å²) in [5.74, 6) is 0.457. The summed E-state index contributed by atoms with van der Waals surface area (Å²) in [5.41, 5.74) is 1.40. The number of halogens is 1. The first-order valence-electron chi connectivity index (χ1n) is 8.73. The normalized spacial score (nSPS) is 25.4. The highest BCUT2D eigenvalue weighted by Gasteiger charge is 2.42. The quantitative estimate of drug-likeness (QED) is 0.552. The van der Waals surface area contributed by atoms with Crippen LogP contribution in [0.2, 0.25) is 18.6 Å². The fraction of sp³-hybridized carbons (Fsp3) is 0.632. The summed E-state index contributed by atoms with van der Waals surface area (Å²) >= 11 is 0. The van der Waals surface area contributed by atoms with Gasteiger partial charge in [0.15, 0.2) is 0 Å². The monoisotopic (exact) mass is 335 g/mol. The first kappa shape index (κ1) is 18.2. The molecule has 128 valence electrons. The average molecular weight is 336 g/mol. The third-order valence-electron chi connectivity index (χ3n) is 5.24. The molecule has 2 nitrogen and oxygen atoms in total. The minimum atomic E-state index is -2.73. The zero-order valence-electron chi connectivity index (χ0n) is 15.1. The van der Waals surface area contributed by atoms with Gasteiger partial charge in [-0.2, -0.15) is 0 Å². The molecule has 1 aliphatic rings. The second-order valence-electron chi connectivity index (χ2n) is 7.75. The highest BCUT2D eigenvalue weighted by molar-refractivity contribution is 6.72. The summed E-state index contributed by atoms with van der Waals surface area (Å²) in [7, 11) is -2.73. The zero-order chi connectivity index (χ0) is 17.2. The molecule has 1 aromatic rings. The molecule has 1 aromatic carbocycles. The third kappa shape index (κ3) is 4.43. The molecule has 0 bridgehead atoms. The minimum absolute atomic E-state index is 0.107. The van der Waals surface area contributed by atoms with Crippen LogP contribution in [0.25, 0.3) is 0 Å². The second kappa shape index (κ2) is 7.16. The van der Waals surface area contributed by atoms with Crippen LogP contribution in [-0.4, -0.2) is 31.3 Å². The van der Waals surface area contributed by atoms with Gasteiger partial charge in [0, 0.05) is 19.0 Å². The summed E-state index contributed by atoms with van der Waals surface area (Å²) in [6.45, 7) is 9.38. The average Bonchev–Trinajstić information content (AvgIpc) is 2.46. The Morgan fingerprint density at radius 1 is 1.17 bits per heavy atom. The molecular formula is C19H30FNOSi. The Balaban J connectivity index is 2.30. The number of benzene rings is 1. The van der Waals surface area contributed by atoms with Crippen molar-refractivity contribution in [1.82, 2.24) is 4.90 Å². The van der Waals surface area contributed by atoms with Crippen molar-refractivity contribution in [1.29, 1.82) is 0 Å². The lowest BCUT2D eigenvalue weighted by Crippen LogP contribution is -2.48. The Morgan fingerprint density at radius 2 is 1.78 bits per heavy atom. The van der Waals surface area contributed by atoms with Crippen LogP contribution in [0.4, 0.5) is 4.11 Å². The number of amides is 1. The van der Waals surface area contributed by atoms with E-state index in [0.717, 1.165) is 19.3 Å².